The summed E-state index contributed by atoms with van der Waals surface area (Å²) in [6, 6.07) is 12.8. The second kappa shape index (κ2) is 6.75. The number of halogens is 2. The fourth-order valence-electron chi connectivity index (χ4n) is 2.75. The van der Waals surface area contributed by atoms with Crippen molar-refractivity contribution in [3.63, 3.8) is 0 Å². The molecule has 0 radical (unpaired) electrons. The highest BCUT2D eigenvalue weighted by atomic mass is 35.5. The first-order chi connectivity index (χ1) is 11.4. The van der Waals surface area contributed by atoms with Crippen molar-refractivity contribution in [2.24, 2.45) is 0 Å². The van der Waals surface area contributed by atoms with Gasteiger partial charge in [0.1, 0.15) is 18.0 Å². The van der Waals surface area contributed by atoms with Crippen LogP contribution in [0.25, 0.3) is 0 Å². The first-order valence-corrected chi connectivity index (χ1v) is 9.71. The Kier molecular flexibility index (Phi) is 4.85. The van der Waals surface area contributed by atoms with Crippen LogP contribution in [-0.4, -0.2) is 31.3 Å². The van der Waals surface area contributed by atoms with Gasteiger partial charge < -0.3 is 0 Å². The van der Waals surface area contributed by atoms with Gasteiger partial charge >= 0.3 is 10.0 Å². The summed E-state index contributed by atoms with van der Waals surface area (Å²) in [5, 5.41) is 3.76. The van der Waals surface area contributed by atoms with E-state index in [1.807, 2.05) is 30.3 Å². The van der Waals surface area contributed by atoms with Gasteiger partial charge in [-0.2, -0.15) is 8.42 Å². The molecule has 1 N–H and O–H groups in total. The maximum absolute atomic E-state index is 13.1. The lowest BCUT2D eigenvalue weighted by Crippen LogP contribution is -2.29. The van der Waals surface area contributed by atoms with Crippen molar-refractivity contribution in [1.82, 2.24) is 5.32 Å². The summed E-state index contributed by atoms with van der Waals surface area (Å²) >= 11 is 12.0. The molecule has 126 valence electrons. The molecule has 24 heavy (non-hydrogen) atoms. The molecule has 0 atom stereocenters. The lowest BCUT2D eigenvalue weighted by molar-refractivity contribution is -0.354. The van der Waals surface area contributed by atoms with Crippen molar-refractivity contribution in [2.45, 2.75) is 18.2 Å². The summed E-state index contributed by atoms with van der Waals surface area (Å²) in [5.41, 5.74) is 1.63. The second-order valence-electron chi connectivity index (χ2n) is 5.64. The Hall–Kier alpha value is -1.56. The molecular formula is C17H17Cl2N2O2S+. The summed E-state index contributed by atoms with van der Waals surface area (Å²) in [7, 11) is -3.69. The van der Waals surface area contributed by atoms with Gasteiger partial charge in [-0.1, -0.05) is 53.5 Å². The predicted molar refractivity (Wildman–Crippen MR) is 96.7 cm³/mol. The van der Waals surface area contributed by atoms with Gasteiger partial charge in [0.15, 0.2) is 0 Å². The quantitative estimate of drug-likeness (QED) is 0.824. The number of aryl methyl sites for hydroxylation is 1. The molecule has 1 aliphatic rings. The minimum Gasteiger partial charge on any atom is -0.273 e. The van der Waals surface area contributed by atoms with Crippen LogP contribution >= 0.6 is 23.2 Å². The van der Waals surface area contributed by atoms with Gasteiger partial charge in [-0.25, -0.2) is 0 Å². The zero-order valence-corrected chi connectivity index (χ0v) is 15.4. The molecule has 0 saturated carbocycles. The van der Waals surface area contributed by atoms with Crippen molar-refractivity contribution in [1.29, 1.82) is 0 Å². The zero-order valence-electron chi connectivity index (χ0n) is 13.1. The number of hydrogen-bond acceptors (Lipinski definition) is 3. The van der Waals surface area contributed by atoms with Crippen LogP contribution in [0.1, 0.15) is 11.1 Å². The summed E-state index contributed by atoms with van der Waals surface area (Å²) in [4.78, 5) is 0.186. The number of hydrogen-bond donors (Lipinski definition) is 1. The van der Waals surface area contributed by atoms with Crippen molar-refractivity contribution in [2.75, 3.05) is 13.1 Å². The summed E-state index contributed by atoms with van der Waals surface area (Å²) in [6.07, 6.45) is 0.528. The average Bonchev–Trinajstić information content (AvgIpc) is 3.00. The number of rotatable bonds is 4. The first-order valence-electron chi connectivity index (χ1n) is 7.51. The van der Waals surface area contributed by atoms with Gasteiger partial charge in [0.2, 0.25) is 0 Å². The van der Waals surface area contributed by atoms with Crippen LogP contribution in [0.3, 0.4) is 0 Å². The molecule has 1 heterocycles. The third-order valence-corrected chi connectivity index (χ3v) is 6.65. The molecule has 0 amide bonds. The Labute approximate surface area is 151 Å². The fourth-order valence-corrected chi connectivity index (χ4v) is 4.92. The van der Waals surface area contributed by atoms with E-state index in [1.54, 1.807) is 13.0 Å². The van der Waals surface area contributed by atoms with E-state index in [9.17, 15) is 8.42 Å². The normalized spacial score (nSPS) is 14.8. The zero-order chi connectivity index (χ0) is 17.3. The van der Waals surface area contributed by atoms with Crippen molar-refractivity contribution in [3.05, 3.63) is 63.6 Å². The minimum atomic E-state index is -3.69. The summed E-state index contributed by atoms with van der Waals surface area (Å²) in [5.74, 6) is 0.673. The van der Waals surface area contributed by atoms with E-state index >= 15 is 0 Å². The van der Waals surface area contributed by atoms with Crippen molar-refractivity contribution in [3.8, 4) is 0 Å². The first kappa shape index (κ1) is 17.3. The average molecular weight is 384 g/mol. The lowest BCUT2D eigenvalue weighted by atomic mass is 10.1. The fraction of sp³-hybridized carbons (Fsp3) is 0.235. The highest BCUT2D eigenvalue weighted by molar-refractivity contribution is 7.85. The van der Waals surface area contributed by atoms with Crippen molar-refractivity contribution >= 4 is 39.1 Å². The van der Waals surface area contributed by atoms with Gasteiger partial charge in [0, 0.05) is 0 Å². The number of nitrogens with zero attached hydrogens (tertiary/aromatic N) is 1. The van der Waals surface area contributed by atoms with Crippen LogP contribution in [0, 0.1) is 6.92 Å². The van der Waals surface area contributed by atoms with Gasteiger partial charge in [0.25, 0.3) is 5.84 Å². The Morgan fingerprint density at radius 3 is 2.50 bits per heavy atom. The molecule has 0 aromatic heterocycles. The molecule has 2 aromatic carbocycles. The molecule has 1 aliphatic heterocycles. The van der Waals surface area contributed by atoms with Crippen LogP contribution < -0.4 is 5.32 Å². The predicted octanol–water partition coefficient (Wildman–Crippen LogP) is 3.25. The standard InChI is InChI=1S/C17H16Cl2N2O2S/c1-12-9-14(18)15(19)11-16(12)24(22,23)21-8-7-20-17(21)10-13-5-3-2-4-6-13/h2-6,9,11H,7-8,10H2,1H3/p+1. The summed E-state index contributed by atoms with van der Waals surface area (Å²) < 4.78 is 27.6. The minimum absolute atomic E-state index is 0.186. The number of nitrogens with one attached hydrogen (secondary N) is 1. The van der Waals surface area contributed by atoms with E-state index in [4.69, 9.17) is 23.2 Å². The van der Waals surface area contributed by atoms with Crippen LogP contribution in [-0.2, 0) is 16.4 Å². The molecule has 0 bridgehead atoms. The van der Waals surface area contributed by atoms with E-state index in [-0.39, 0.29) is 9.92 Å². The second-order valence-corrected chi connectivity index (χ2v) is 8.29. The highest BCUT2D eigenvalue weighted by Crippen LogP contribution is 2.29. The molecule has 2 aromatic rings. The molecule has 0 spiro atoms. The Morgan fingerprint density at radius 1 is 1.12 bits per heavy atom. The highest BCUT2D eigenvalue weighted by Gasteiger charge is 2.34. The van der Waals surface area contributed by atoms with Crippen LogP contribution in [0.4, 0.5) is 0 Å². The van der Waals surface area contributed by atoms with Crippen LogP contribution in [0.2, 0.25) is 10.0 Å². The van der Waals surface area contributed by atoms with Gasteiger partial charge in [-0.15, -0.1) is 3.98 Å². The van der Waals surface area contributed by atoms with Gasteiger partial charge in [0.05, 0.1) is 16.5 Å². The van der Waals surface area contributed by atoms with Crippen LogP contribution in [0.15, 0.2) is 47.4 Å². The molecular weight excluding hydrogens is 367 g/mol. The molecule has 0 saturated heterocycles. The van der Waals surface area contributed by atoms with E-state index in [1.165, 1.54) is 10.0 Å². The Morgan fingerprint density at radius 2 is 1.79 bits per heavy atom. The largest absolute Gasteiger partial charge is 0.331 e. The number of benzene rings is 2. The molecule has 4 nitrogen and oxygen atoms in total. The van der Waals surface area contributed by atoms with E-state index in [0.717, 1.165) is 5.56 Å². The van der Waals surface area contributed by atoms with E-state index < -0.39 is 10.0 Å². The SMILES string of the molecule is Cc1cc(Cl)c(Cl)cc1S(=O)(=O)[N+]1=C(Cc2ccccc2)NCC1. The number of sulfonamides is 1. The van der Waals surface area contributed by atoms with Gasteiger partial charge in [-0.05, 0) is 30.2 Å². The van der Waals surface area contributed by atoms with Gasteiger partial charge in [-0.3, -0.25) is 5.32 Å². The number of amidine groups is 1. The van der Waals surface area contributed by atoms with Crippen molar-refractivity contribution < 1.29 is 12.4 Å². The maximum atomic E-state index is 13.1. The van der Waals surface area contributed by atoms with E-state index in [0.29, 0.717) is 35.9 Å². The van der Waals surface area contributed by atoms with Crippen LogP contribution in [0.5, 0.6) is 0 Å². The molecule has 7 heteroatoms. The van der Waals surface area contributed by atoms with E-state index in [2.05, 4.69) is 5.32 Å². The Balaban J connectivity index is 2.05. The molecule has 0 unspecified atom stereocenters. The smallest absolute Gasteiger partial charge is 0.273 e. The molecule has 0 aliphatic carbocycles. The molecule has 0 fully saturated rings. The maximum Gasteiger partial charge on any atom is 0.331 e. The summed E-state index contributed by atoms with van der Waals surface area (Å²) in [6.45, 7) is 2.70. The molecule has 3 rings (SSSR count). The third-order valence-electron chi connectivity index (χ3n) is 3.95. The monoisotopic (exact) mass is 383 g/mol. The third kappa shape index (κ3) is 3.29. The Bertz CT molecular complexity index is 910. The topological polar surface area (TPSA) is 49.2 Å². The lowest BCUT2D eigenvalue weighted by Gasteiger charge is -2.10.